The minimum atomic E-state index is -0.0637. The van der Waals surface area contributed by atoms with Gasteiger partial charge in [-0.15, -0.1) is 6.58 Å². The van der Waals surface area contributed by atoms with Crippen LogP contribution < -0.4 is 27.0 Å². The van der Waals surface area contributed by atoms with Crippen LogP contribution in [0.4, 0.5) is 23.5 Å². The number of benzene rings is 1. The molecule has 0 saturated heterocycles. The van der Waals surface area contributed by atoms with Crippen molar-refractivity contribution in [2.75, 3.05) is 62.0 Å². The Kier molecular flexibility index (Phi) is 13.8. The van der Waals surface area contributed by atoms with Crippen molar-refractivity contribution in [3.8, 4) is 0 Å². The highest BCUT2D eigenvalue weighted by Gasteiger charge is 2.11. The Bertz CT molecular complexity index is 907. The number of nitrogens with two attached hydrogens (primary N) is 1. The van der Waals surface area contributed by atoms with Gasteiger partial charge in [-0.2, -0.15) is 15.0 Å². The summed E-state index contributed by atoms with van der Waals surface area (Å²) < 4.78 is 10.6. The number of rotatable bonds is 19. The van der Waals surface area contributed by atoms with Gasteiger partial charge in [0.25, 0.3) is 0 Å². The molecule has 1 aromatic carbocycles. The number of hydrogen-bond acceptors (Lipinski definition) is 10. The van der Waals surface area contributed by atoms with Gasteiger partial charge in [-0.1, -0.05) is 32.1 Å². The van der Waals surface area contributed by atoms with Gasteiger partial charge in [0.15, 0.2) is 0 Å². The fraction of sp³-hybridized carbons (Fsp3) is 0.520. The summed E-state index contributed by atoms with van der Waals surface area (Å²) in [4.78, 5) is 25.6. The second-order valence-electron chi connectivity index (χ2n) is 8.00. The molecule has 0 aliphatic rings. The minimum Gasteiger partial charge on any atom is -0.378 e. The van der Waals surface area contributed by atoms with Crippen LogP contribution in [0, 0.1) is 0 Å². The number of amides is 1. The van der Waals surface area contributed by atoms with Crippen molar-refractivity contribution in [3.05, 3.63) is 42.5 Å². The van der Waals surface area contributed by atoms with Gasteiger partial charge in [0.05, 0.1) is 32.8 Å². The highest BCUT2D eigenvalue weighted by molar-refractivity contribution is 5.78. The first-order chi connectivity index (χ1) is 17.6. The third-order valence-corrected chi connectivity index (χ3v) is 5.14. The largest absolute Gasteiger partial charge is 0.378 e. The van der Waals surface area contributed by atoms with Crippen LogP contribution in [0.3, 0.4) is 0 Å². The Morgan fingerprint density at radius 1 is 1.00 bits per heavy atom. The summed E-state index contributed by atoms with van der Waals surface area (Å²) in [6, 6.07) is 7.85. The molecule has 0 aliphatic heterocycles. The van der Waals surface area contributed by atoms with E-state index in [9.17, 15) is 4.79 Å². The molecule has 11 heteroatoms. The summed E-state index contributed by atoms with van der Waals surface area (Å²) >= 11 is 0. The number of carbonyl (C=O) groups excluding carboxylic acids is 1. The van der Waals surface area contributed by atoms with Crippen molar-refractivity contribution >= 4 is 29.4 Å². The first-order valence-electron chi connectivity index (χ1n) is 12.4. The molecular weight excluding hydrogens is 460 g/mol. The van der Waals surface area contributed by atoms with Gasteiger partial charge in [0, 0.05) is 31.4 Å². The van der Waals surface area contributed by atoms with Crippen molar-refractivity contribution in [1.29, 1.82) is 0 Å². The maximum Gasteiger partial charge on any atom is 0.233 e. The van der Waals surface area contributed by atoms with Gasteiger partial charge in [0.2, 0.25) is 23.8 Å². The predicted octanol–water partition coefficient (Wildman–Crippen LogP) is 2.46. The SMILES string of the molecule is C=CCNc1nc(Nc2ccc(CC(=O)NCCOCCOCCN)cc2)nc(NC(CC)CC)n1. The van der Waals surface area contributed by atoms with Crippen LogP contribution in [0.25, 0.3) is 0 Å². The summed E-state index contributed by atoms with van der Waals surface area (Å²) in [5.74, 6) is 1.32. The van der Waals surface area contributed by atoms with E-state index in [1.165, 1.54) is 0 Å². The van der Waals surface area contributed by atoms with E-state index in [-0.39, 0.29) is 18.4 Å². The molecular formula is C25H40N8O3. The number of nitrogens with zero attached hydrogens (tertiary/aromatic N) is 3. The molecule has 198 valence electrons. The normalized spacial score (nSPS) is 10.8. The summed E-state index contributed by atoms with van der Waals surface area (Å²) in [6.45, 7) is 11.4. The fourth-order valence-electron chi connectivity index (χ4n) is 3.17. The molecule has 0 saturated carbocycles. The van der Waals surface area contributed by atoms with Gasteiger partial charge in [-0.05, 0) is 30.5 Å². The number of anilines is 4. The number of hydrogen-bond donors (Lipinski definition) is 5. The lowest BCUT2D eigenvalue weighted by Crippen LogP contribution is -2.29. The van der Waals surface area contributed by atoms with Crippen molar-refractivity contribution in [2.45, 2.75) is 39.2 Å². The van der Waals surface area contributed by atoms with Gasteiger partial charge in [0.1, 0.15) is 0 Å². The van der Waals surface area contributed by atoms with E-state index in [4.69, 9.17) is 15.2 Å². The second-order valence-corrected chi connectivity index (χ2v) is 8.00. The lowest BCUT2D eigenvalue weighted by Gasteiger charge is -2.16. The Morgan fingerprint density at radius 3 is 2.33 bits per heavy atom. The summed E-state index contributed by atoms with van der Waals surface area (Å²) in [6.07, 6.45) is 3.95. The summed E-state index contributed by atoms with van der Waals surface area (Å²) in [5.41, 5.74) is 7.05. The molecule has 0 radical (unpaired) electrons. The minimum absolute atomic E-state index is 0.0637. The average molecular weight is 501 g/mol. The predicted molar refractivity (Wildman–Crippen MR) is 144 cm³/mol. The maximum atomic E-state index is 12.2. The summed E-state index contributed by atoms with van der Waals surface area (Å²) in [5, 5.41) is 12.5. The fourth-order valence-corrected chi connectivity index (χ4v) is 3.17. The van der Waals surface area contributed by atoms with Crippen molar-refractivity contribution < 1.29 is 14.3 Å². The number of ether oxygens (including phenoxy) is 2. The lowest BCUT2D eigenvalue weighted by atomic mass is 10.1. The molecule has 0 unspecified atom stereocenters. The van der Waals surface area contributed by atoms with Gasteiger partial charge < -0.3 is 36.5 Å². The Labute approximate surface area is 213 Å². The maximum absolute atomic E-state index is 12.2. The zero-order valence-electron chi connectivity index (χ0n) is 21.4. The quantitative estimate of drug-likeness (QED) is 0.144. The van der Waals surface area contributed by atoms with E-state index in [0.717, 1.165) is 24.1 Å². The van der Waals surface area contributed by atoms with Crippen LogP contribution in [0.15, 0.2) is 36.9 Å². The van der Waals surface area contributed by atoms with E-state index in [0.29, 0.717) is 63.9 Å². The van der Waals surface area contributed by atoms with Gasteiger partial charge in [-0.25, -0.2) is 0 Å². The Balaban J connectivity index is 1.87. The van der Waals surface area contributed by atoms with Gasteiger partial charge >= 0.3 is 0 Å². The molecule has 0 fully saturated rings. The molecule has 6 N–H and O–H groups in total. The van der Waals surface area contributed by atoms with Crippen LogP contribution in [-0.4, -0.2) is 73.0 Å². The molecule has 11 nitrogen and oxygen atoms in total. The highest BCUT2D eigenvalue weighted by atomic mass is 16.5. The van der Waals surface area contributed by atoms with Crippen LogP contribution in [0.1, 0.15) is 32.3 Å². The van der Waals surface area contributed by atoms with Crippen molar-refractivity contribution in [3.63, 3.8) is 0 Å². The number of nitrogens with one attached hydrogen (secondary N) is 4. The zero-order chi connectivity index (χ0) is 26.0. The average Bonchev–Trinajstić information content (AvgIpc) is 2.88. The van der Waals surface area contributed by atoms with E-state index in [2.05, 4.69) is 56.6 Å². The first kappa shape index (κ1) is 29.0. The van der Waals surface area contributed by atoms with Crippen molar-refractivity contribution in [1.82, 2.24) is 20.3 Å². The number of aromatic nitrogens is 3. The molecule has 0 atom stereocenters. The molecule has 0 spiro atoms. The monoisotopic (exact) mass is 500 g/mol. The Hall–Kier alpha value is -3.28. The van der Waals surface area contributed by atoms with E-state index in [1.807, 2.05) is 24.3 Å². The zero-order valence-corrected chi connectivity index (χ0v) is 21.4. The smallest absolute Gasteiger partial charge is 0.233 e. The van der Waals surface area contributed by atoms with Gasteiger partial charge in [-0.3, -0.25) is 4.79 Å². The van der Waals surface area contributed by atoms with E-state index < -0.39 is 0 Å². The third kappa shape index (κ3) is 11.4. The Morgan fingerprint density at radius 2 is 1.67 bits per heavy atom. The van der Waals surface area contributed by atoms with Crippen LogP contribution in [0.5, 0.6) is 0 Å². The first-order valence-corrected chi connectivity index (χ1v) is 12.4. The molecule has 1 amide bonds. The second kappa shape index (κ2) is 17.2. The van der Waals surface area contributed by atoms with Crippen LogP contribution >= 0.6 is 0 Å². The molecule has 0 aliphatic carbocycles. The highest BCUT2D eigenvalue weighted by Crippen LogP contribution is 2.18. The molecule has 0 bridgehead atoms. The topological polar surface area (TPSA) is 148 Å². The van der Waals surface area contributed by atoms with Crippen molar-refractivity contribution in [2.24, 2.45) is 5.73 Å². The van der Waals surface area contributed by atoms with Crippen LogP contribution in [0.2, 0.25) is 0 Å². The third-order valence-electron chi connectivity index (χ3n) is 5.14. The molecule has 1 aromatic heterocycles. The lowest BCUT2D eigenvalue weighted by molar-refractivity contribution is -0.120. The van der Waals surface area contributed by atoms with E-state index in [1.54, 1.807) is 6.08 Å². The molecule has 36 heavy (non-hydrogen) atoms. The van der Waals surface area contributed by atoms with E-state index >= 15 is 0 Å². The number of carbonyl (C=O) groups is 1. The molecule has 1 heterocycles. The molecule has 2 aromatic rings. The van der Waals surface area contributed by atoms with Crippen LogP contribution in [-0.2, 0) is 20.7 Å². The molecule has 2 rings (SSSR count). The summed E-state index contributed by atoms with van der Waals surface area (Å²) in [7, 11) is 0. The standard InChI is InChI=1S/C25H40N8O3/c1-4-12-28-23-31-24(29-20(5-2)6-3)33-25(32-23)30-21-9-7-19(8-10-21)18-22(34)27-13-15-36-17-16-35-14-11-26/h4,7-10,20H,1,5-6,11-18,26H2,2-3H3,(H,27,34)(H3,28,29,30,31,32,33).